The van der Waals surface area contributed by atoms with E-state index in [4.69, 9.17) is 4.74 Å². The number of hydrogen-bond donors (Lipinski definition) is 1. The van der Waals surface area contributed by atoms with Crippen LogP contribution < -0.4 is 5.32 Å². The summed E-state index contributed by atoms with van der Waals surface area (Å²) in [5.74, 6) is 0.705. The van der Waals surface area contributed by atoms with E-state index in [0.29, 0.717) is 18.1 Å². The van der Waals surface area contributed by atoms with E-state index in [1.165, 1.54) is 0 Å². The molecular weight excluding hydrogens is 176 g/mol. The van der Waals surface area contributed by atoms with Crippen LogP contribution in [-0.2, 0) is 4.74 Å². The van der Waals surface area contributed by atoms with Crippen LogP contribution in [0, 0.1) is 5.92 Å². The molecule has 1 aliphatic rings. The number of likely N-dealkylation sites (N-methyl/N-ethyl adjacent to an activating group) is 1. The molecule has 2 atom stereocenters. The lowest BCUT2D eigenvalue weighted by atomic mass is 10.0. The van der Waals surface area contributed by atoms with Crippen LogP contribution in [0.25, 0.3) is 0 Å². The maximum absolute atomic E-state index is 5.67. The van der Waals surface area contributed by atoms with Gasteiger partial charge in [0.1, 0.15) is 0 Å². The van der Waals surface area contributed by atoms with Gasteiger partial charge in [-0.2, -0.15) is 0 Å². The fourth-order valence-electron chi connectivity index (χ4n) is 1.73. The molecule has 0 aromatic carbocycles. The Balaban J connectivity index is 2.27. The summed E-state index contributed by atoms with van der Waals surface area (Å²) in [7, 11) is 2.18. The predicted molar refractivity (Wildman–Crippen MR) is 59.5 cm³/mol. The summed E-state index contributed by atoms with van der Waals surface area (Å²) in [4.78, 5) is 2.39. The number of hydrogen-bond acceptors (Lipinski definition) is 3. The van der Waals surface area contributed by atoms with Crippen molar-refractivity contribution in [2.75, 3.05) is 33.3 Å². The maximum Gasteiger partial charge on any atom is 0.0826 e. The normalized spacial score (nSPS) is 25.7. The predicted octanol–water partition coefficient (Wildman–Crippen LogP) is 0.951. The van der Waals surface area contributed by atoms with Gasteiger partial charge >= 0.3 is 0 Å². The van der Waals surface area contributed by atoms with E-state index >= 15 is 0 Å². The molecule has 3 nitrogen and oxygen atoms in total. The summed E-state index contributed by atoms with van der Waals surface area (Å²) < 4.78 is 5.67. The monoisotopic (exact) mass is 200 g/mol. The van der Waals surface area contributed by atoms with Crippen molar-refractivity contribution in [1.82, 2.24) is 10.2 Å². The van der Waals surface area contributed by atoms with Crippen molar-refractivity contribution in [2.45, 2.75) is 32.9 Å². The van der Waals surface area contributed by atoms with Crippen molar-refractivity contribution in [3.05, 3.63) is 0 Å². The van der Waals surface area contributed by atoms with Crippen molar-refractivity contribution in [1.29, 1.82) is 0 Å². The van der Waals surface area contributed by atoms with Gasteiger partial charge in [-0.1, -0.05) is 13.8 Å². The Bertz CT molecular complexity index is 155. The van der Waals surface area contributed by atoms with Crippen LogP contribution in [0.5, 0.6) is 0 Å². The topological polar surface area (TPSA) is 24.5 Å². The highest BCUT2D eigenvalue weighted by atomic mass is 16.5. The Morgan fingerprint density at radius 2 is 2.14 bits per heavy atom. The van der Waals surface area contributed by atoms with Gasteiger partial charge in [-0.15, -0.1) is 0 Å². The molecule has 1 aliphatic heterocycles. The lowest BCUT2D eigenvalue weighted by molar-refractivity contribution is 0.000692. The first kappa shape index (κ1) is 12.0. The molecule has 2 unspecified atom stereocenters. The van der Waals surface area contributed by atoms with Gasteiger partial charge in [0, 0.05) is 25.7 Å². The molecule has 0 aliphatic carbocycles. The SMILES string of the molecule is CC(C)C(C)N(C)CC1CNCCO1. The average Bonchev–Trinajstić information content (AvgIpc) is 2.18. The second-order valence-electron chi connectivity index (χ2n) is 4.62. The molecular formula is C11H24N2O. The number of morpholine rings is 1. The standard InChI is InChI=1S/C11H24N2O/c1-9(2)10(3)13(4)8-11-7-12-5-6-14-11/h9-12H,5-8H2,1-4H3. The smallest absolute Gasteiger partial charge is 0.0826 e. The minimum absolute atomic E-state index is 0.370. The van der Waals surface area contributed by atoms with Crippen LogP contribution in [0.15, 0.2) is 0 Å². The minimum Gasteiger partial charge on any atom is -0.374 e. The highest BCUT2D eigenvalue weighted by molar-refractivity contribution is 4.74. The molecule has 1 rings (SSSR count). The van der Waals surface area contributed by atoms with Crippen LogP contribution >= 0.6 is 0 Å². The molecule has 0 amide bonds. The Kier molecular flexibility index (Phi) is 4.85. The molecule has 1 heterocycles. The zero-order valence-corrected chi connectivity index (χ0v) is 9.92. The maximum atomic E-state index is 5.67. The van der Waals surface area contributed by atoms with Crippen molar-refractivity contribution in [3.8, 4) is 0 Å². The Morgan fingerprint density at radius 3 is 2.64 bits per heavy atom. The Morgan fingerprint density at radius 1 is 1.43 bits per heavy atom. The summed E-state index contributed by atoms with van der Waals surface area (Å²) in [6, 6.07) is 0.625. The zero-order valence-electron chi connectivity index (χ0n) is 9.92. The zero-order chi connectivity index (χ0) is 10.6. The van der Waals surface area contributed by atoms with Gasteiger partial charge in [0.25, 0.3) is 0 Å². The average molecular weight is 200 g/mol. The molecule has 1 saturated heterocycles. The van der Waals surface area contributed by atoms with E-state index in [1.54, 1.807) is 0 Å². The minimum atomic E-state index is 0.370. The van der Waals surface area contributed by atoms with Gasteiger partial charge in [0.05, 0.1) is 12.7 Å². The molecule has 0 saturated carbocycles. The molecule has 14 heavy (non-hydrogen) atoms. The van der Waals surface area contributed by atoms with E-state index in [2.05, 4.69) is 38.0 Å². The Hall–Kier alpha value is -0.120. The first-order valence-corrected chi connectivity index (χ1v) is 5.64. The molecule has 84 valence electrons. The summed E-state index contributed by atoms with van der Waals surface area (Å²) in [5, 5.41) is 3.36. The second-order valence-corrected chi connectivity index (χ2v) is 4.62. The highest BCUT2D eigenvalue weighted by Gasteiger charge is 2.19. The molecule has 0 spiro atoms. The van der Waals surface area contributed by atoms with E-state index < -0.39 is 0 Å². The summed E-state index contributed by atoms with van der Waals surface area (Å²) >= 11 is 0. The number of nitrogens with zero attached hydrogens (tertiary/aromatic N) is 1. The van der Waals surface area contributed by atoms with Gasteiger partial charge in [-0.25, -0.2) is 0 Å². The van der Waals surface area contributed by atoms with E-state index in [9.17, 15) is 0 Å². The van der Waals surface area contributed by atoms with Gasteiger partial charge < -0.3 is 15.0 Å². The van der Waals surface area contributed by atoms with Crippen molar-refractivity contribution in [3.63, 3.8) is 0 Å². The third kappa shape index (κ3) is 3.56. The summed E-state index contributed by atoms with van der Waals surface area (Å²) in [6.07, 6.45) is 0.370. The third-order valence-electron chi connectivity index (χ3n) is 3.16. The lowest BCUT2D eigenvalue weighted by Gasteiger charge is -2.33. The largest absolute Gasteiger partial charge is 0.374 e. The van der Waals surface area contributed by atoms with Crippen LogP contribution in [0.4, 0.5) is 0 Å². The van der Waals surface area contributed by atoms with Crippen molar-refractivity contribution < 1.29 is 4.74 Å². The van der Waals surface area contributed by atoms with Crippen LogP contribution in [-0.4, -0.2) is 50.3 Å². The van der Waals surface area contributed by atoms with Crippen molar-refractivity contribution in [2.24, 2.45) is 5.92 Å². The molecule has 0 aromatic rings. The van der Waals surface area contributed by atoms with Gasteiger partial charge in [-0.3, -0.25) is 0 Å². The molecule has 3 heteroatoms. The van der Waals surface area contributed by atoms with Crippen LogP contribution in [0.2, 0.25) is 0 Å². The lowest BCUT2D eigenvalue weighted by Crippen LogP contribution is -2.47. The van der Waals surface area contributed by atoms with E-state index in [1.807, 2.05) is 0 Å². The first-order chi connectivity index (χ1) is 6.61. The van der Waals surface area contributed by atoms with E-state index in [0.717, 1.165) is 26.2 Å². The summed E-state index contributed by atoms with van der Waals surface area (Å²) in [5.41, 5.74) is 0. The van der Waals surface area contributed by atoms with Gasteiger partial charge in [0.2, 0.25) is 0 Å². The van der Waals surface area contributed by atoms with Crippen LogP contribution in [0.1, 0.15) is 20.8 Å². The fraction of sp³-hybridized carbons (Fsp3) is 1.00. The number of rotatable bonds is 4. The third-order valence-corrected chi connectivity index (χ3v) is 3.16. The van der Waals surface area contributed by atoms with Gasteiger partial charge in [0.15, 0.2) is 0 Å². The van der Waals surface area contributed by atoms with Crippen LogP contribution in [0.3, 0.4) is 0 Å². The molecule has 0 aromatic heterocycles. The molecule has 1 fully saturated rings. The molecule has 0 bridgehead atoms. The first-order valence-electron chi connectivity index (χ1n) is 5.64. The quantitative estimate of drug-likeness (QED) is 0.731. The fourth-order valence-corrected chi connectivity index (χ4v) is 1.73. The summed E-state index contributed by atoms with van der Waals surface area (Å²) in [6.45, 7) is 10.7. The molecule has 0 radical (unpaired) electrons. The Labute approximate surface area is 87.8 Å². The second kappa shape index (κ2) is 5.69. The number of nitrogens with one attached hydrogen (secondary N) is 1. The van der Waals surface area contributed by atoms with E-state index in [-0.39, 0.29) is 0 Å². The number of ether oxygens (including phenoxy) is 1. The van der Waals surface area contributed by atoms with Crippen molar-refractivity contribution >= 4 is 0 Å². The van der Waals surface area contributed by atoms with Gasteiger partial charge in [-0.05, 0) is 19.9 Å². The highest BCUT2D eigenvalue weighted by Crippen LogP contribution is 2.09. The molecule has 1 N–H and O–H groups in total.